The van der Waals surface area contributed by atoms with Gasteiger partial charge in [-0.15, -0.1) is 0 Å². The van der Waals surface area contributed by atoms with Gasteiger partial charge in [0.15, 0.2) is 0 Å². The van der Waals surface area contributed by atoms with E-state index in [1.807, 2.05) is 66.0 Å². The Hall–Kier alpha value is -4.19. The number of aryl methyl sites for hydroxylation is 2. The summed E-state index contributed by atoms with van der Waals surface area (Å²) in [7, 11) is 0.0227. The highest BCUT2D eigenvalue weighted by atomic mass is 35.5. The van der Waals surface area contributed by atoms with Gasteiger partial charge in [0.25, 0.3) is 0 Å². The number of benzene rings is 3. The van der Waals surface area contributed by atoms with Crippen LogP contribution in [0.3, 0.4) is 0 Å². The number of hydrogen-bond donors (Lipinski definition) is 3. The third-order valence-electron chi connectivity index (χ3n) is 6.35. The van der Waals surface area contributed by atoms with Crippen LogP contribution in [0, 0.1) is 6.92 Å². The van der Waals surface area contributed by atoms with Crippen LogP contribution in [0.1, 0.15) is 11.1 Å². The SMILES string of the molecule is Cc1ccc(Nc2nccc(N(C)c3ccc4c(c3)nc(NCc3ccc(Cl)cc3)n4C)n2)cc1S(N)(=O)=O. The minimum atomic E-state index is -3.85. The number of primary sulfonamides is 1. The maximum absolute atomic E-state index is 11.9. The van der Waals surface area contributed by atoms with Crippen molar-refractivity contribution < 1.29 is 8.42 Å². The third kappa shape index (κ3) is 5.80. The molecule has 0 bridgehead atoms. The highest BCUT2D eigenvalue weighted by Crippen LogP contribution is 2.28. The van der Waals surface area contributed by atoms with Gasteiger partial charge < -0.3 is 20.1 Å². The number of sulfonamides is 1. The molecule has 4 N–H and O–H groups in total. The molecule has 0 spiro atoms. The van der Waals surface area contributed by atoms with Crippen molar-refractivity contribution in [2.75, 3.05) is 22.6 Å². The summed E-state index contributed by atoms with van der Waals surface area (Å²) in [5, 5.41) is 12.5. The Balaban J connectivity index is 1.35. The summed E-state index contributed by atoms with van der Waals surface area (Å²) in [6.45, 7) is 2.31. The van der Waals surface area contributed by atoms with E-state index >= 15 is 0 Å². The van der Waals surface area contributed by atoms with E-state index in [0.29, 0.717) is 34.6 Å². The monoisotopic (exact) mass is 562 g/mol. The molecular weight excluding hydrogens is 536 g/mol. The lowest BCUT2D eigenvalue weighted by Gasteiger charge is -2.19. The van der Waals surface area contributed by atoms with Crippen molar-refractivity contribution in [2.24, 2.45) is 12.2 Å². The van der Waals surface area contributed by atoms with Crippen LogP contribution >= 0.6 is 11.6 Å². The molecule has 5 aromatic rings. The van der Waals surface area contributed by atoms with Crippen LogP contribution in [0.5, 0.6) is 0 Å². The number of nitrogens with zero attached hydrogens (tertiary/aromatic N) is 5. The van der Waals surface area contributed by atoms with Crippen molar-refractivity contribution in [3.8, 4) is 0 Å². The summed E-state index contributed by atoms with van der Waals surface area (Å²) in [5.74, 6) is 1.71. The molecule has 2 heterocycles. The molecule has 0 aliphatic rings. The first-order valence-corrected chi connectivity index (χ1v) is 13.9. The molecule has 2 aromatic heterocycles. The summed E-state index contributed by atoms with van der Waals surface area (Å²) in [6.07, 6.45) is 1.63. The minimum Gasteiger partial charge on any atom is -0.352 e. The molecule has 39 heavy (non-hydrogen) atoms. The molecular formula is C27H27ClN8O2S. The molecule has 12 heteroatoms. The van der Waals surface area contributed by atoms with Crippen molar-refractivity contribution >= 4 is 61.7 Å². The van der Waals surface area contributed by atoms with Crippen molar-refractivity contribution in [2.45, 2.75) is 18.4 Å². The second-order valence-electron chi connectivity index (χ2n) is 9.10. The summed E-state index contributed by atoms with van der Waals surface area (Å²) >= 11 is 5.99. The maximum Gasteiger partial charge on any atom is 0.238 e. The van der Waals surface area contributed by atoms with E-state index in [9.17, 15) is 8.42 Å². The number of nitrogens with two attached hydrogens (primary N) is 1. The average Bonchev–Trinajstić information content (AvgIpc) is 3.23. The molecule has 10 nitrogen and oxygen atoms in total. The van der Waals surface area contributed by atoms with Gasteiger partial charge in [-0.3, -0.25) is 0 Å². The smallest absolute Gasteiger partial charge is 0.238 e. The van der Waals surface area contributed by atoms with Crippen LogP contribution in [-0.4, -0.2) is 35.0 Å². The van der Waals surface area contributed by atoms with Gasteiger partial charge in [0.05, 0.1) is 15.9 Å². The van der Waals surface area contributed by atoms with Gasteiger partial charge >= 0.3 is 0 Å². The number of fused-ring (bicyclic) bond motifs is 1. The van der Waals surface area contributed by atoms with Gasteiger partial charge in [-0.2, -0.15) is 4.98 Å². The second kappa shape index (κ2) is 10.5. The Morgan fingerprint density at radius 3 is 2.54 bits per heavy atom. The molecule has 0 radical (unpaired) electrons. The lowest BCUT2D eigenvalue weighted by atomic mass is 10.2. The van der Waals surface area contributed by atoms with Gasteiger partial charge in [-0.1, -0.05) is 29.8 Å². The van der Waals surface area contributed by atoms with Crippen LogP contribution in [0.25, 0.3) is 11.0 Å². The Morgan fingerprint density at radius 1 is 1.03 bits per heavy atom. The Morgan fingerprint density at radius 2 is 1.79 bits per heavy atom. The molecule has 0 aliphatic heterocycles. The van der Waals surface area contributed by atoms with Gasteiger partial charge in [0.2, 0.25) is 21.9 Å². The molecule has 5 rings (SSSR count). The molecule has 200 valence electrons. The summed E-state index contributed by atoms with van der Waals surface area (Å²) in [6, 6.07) is 20.4. The zero-order chi connectivity index (χ0) is 27.7. The highest BCUT2D eigenvalue weighted by Gasteiger charge is 2.14. The van der Waals surface area contributed by atoms with Crippen LogP contribution in [0.15, 0.2) is 77.8 Å². The first-order valence-electron chi connectivity index (χ1n) is 12.0. The molecule has 0 saturated carbocycles. The predicted octanol–water partition coefficient (Wildman–Crippen LogP) is 5.10. The fourth-order valence-electron chi connectivity index (χ4n) is 4.18. The third-order valence-corrected chi connectivity index (χ3v) is 7.66. The van der Waals surface area contributed by atoms with Gasteiger partial charge in [0.1, 0.15) is 5.82 Å². The molecule has 0 saturated heterocycles. The van der Waals surface area contributed by atoms with Crippen LogP contribution < -0.4 is 20.7 Å². The van der Waals surface area contributed by atoms with Crippen molar-refractivity contribution in [3.63, 3.8) is 0 Å². The standard InChI is InChI=1S/C27H27ClN8O2S/c1-17-4-9-20(14-24(17)39(29,37)38)32-26-30-13-12-25(34-26)35(2)21-10-11-23-22(15-21)33-27(36(23)3)31-16-18-5-7-19(28)8-6-18/h4-15H,16H2,1-3H3,(H,31,33)(H2,29,37,38)(H,30,32,34). The van der Waals surface area contributed by atoms with Crippen LogP contribution in [0.4, 0.5) is 29.1 Å². The second-order valence-corrected chi connectivity index (χ2v) is 11.1. The van der Waals surface area contributed by atoms with Crippen LogP contribution in [-0.2, 0) is 23.6 Å². The number of aromatic nitrogens is 4. The maximum atomic E-state index is 11.9. The summed E-state index contributed by atoms with van der Waals surface area (Å²) < 4.78 is 25.8. The summed E-state index contributed by atoms with van der Waals surface area (Å²) in [5.41, 5.74) is 4.89. The van der Waals surface area contributed by atoms with E-state index in [2.05, 4.69) is 20.6 Å². The molecule has 0 amide bonds. The number of nitrogens with one attached hydrogen (secondary N) is 2. The lowest BCUT2D eigenvalue weighted by Crippen LogP contribution is -2.14. The predicted molar refractivity (Wildman–Crippen MR) is 155 cm³/mol. The summed E-state index contributed by atoms with van der Waals surface area (Å²) in [4.78, 5) is 15.6. The fraction of sp³-hybridized carbons (Fsp3) is 0.148. The van der Waals surface area contributed by atoms with Crippen molar-refractivity contribution in [3.05, 3.63) is 89.1 Å². The fourth-order valence-corrected chi connectivity index (χ4v) is 5.11. The molecule has 3 aromatic carbocycles. The number of rotatable bonds is 8. The van der Waals surface area contributed by atoms with E-state index < -0.39 is 10.0 Å². The topological polar surface area (TPSA) is 131 Å². The Labute approximate surface area is 231 Å². The van der Waals surface area contributed by atoms with E-state index in [4.69, 9.17) is 21.7 Å². The molecule has 0 aliphatic carbocycles. The largest absolute Gasteiger partial charge is 0.352 e. The first kappa shape index (κ1) is 26.4. The minimum absolute atomic E-state index is 0.0476. The number of imidazole rings is 1. The van der Waals surface area contributed by atoms with Gasteiger partial charge in [0, 0.05) is 43.2 Å². The quantitative estimate of drug-likeness (QED) is 0.238. The highest BCUT2D eigenvalue weighted by molar-refractivity contribution is 7.89. The number of halogens is 1. The van der Waals surface area contributed by atoms with Gasteiger partial charge in [-0.25, -0.2) is 23.5 Å². The number of anilines is 5. The van der Waals surface area contributed by atoms with Crippen LogP contribution in [0.2, 0.25) is 5.02 Å². The van der Waals surface area contributed by atoms with E-state index in [-0.39, 0.29) is 4.90 Å². The zero-order valence-corrected chi connectivity index (χ0v) is 23.1. The van der Waals surface area contributed by atoms with Crippen molar-refractivity contribution in [1.82, 2.24) is 19.5 Å². The average molecular weight is 563 g/mol. The van der Waals surface area contributed by atoms with E-state index in [1.165, 1.54) is 6.07 Å². The van der Waals surface area contributed by atoms with Crippen molar-refractivity contribution in [1.29, 1.82) is 0 Å². The van der Waals surface area contributed by atoms with E-state index in [0.717, 1.165) is 28.2 Å². The Bertz CT molecular complexity index is 1770. The number of hydrogen-bond acceptors (Lipinski definition) is 8. The Kier molecular flexibility index (Phi) is 7.13. The van der Waals surface area contributed by atoms with E-state index in [1.54, 1.807) is 31.3 Å². The molecule has 0 atom stereocenters. The zero-order valence-electron chi connectivity index (χ0n) is 21.6. The molecule has 0 unspecified atom stereocenters. The molecule has 0 fully saturated rings. The normalized spacial score (nSPS) is 11.5. The first-order chi connectivity index (χ1) is 18.6. The lowest BCUT2D eigenvalue weighted by molar-refractivity contribution is 0.597. The van der Waals surface area contributed by atoms with Gasteiger partial charge in [-0.05, 0) is 66.6 Å².